The molecule has 2 heteroatoms. The molecular formula is C13H18N2. The molecule has 3 rings (SSSR count). The lowest BCUT2D eigenvalue weighted by Gasteiger charge is -2.34. The van der Waals surface area contributed by atoms with Gasteiger partial charge in [-0.2, -0.15) is 0 Å². The second-order valence-corrected chi connectivity index (χ2v) is 4.94. The number of para-hydroxylation sites is 1. The predicted octanol–water partition coefficient (Wildman–Crippen LogP) is 2.09. The summed E-state index contributed by atoms with van der Waals surface area (Å²) in [4.78, 5) is 0. The molecular weight excluding hydrogens is 184 g/mol. The van der Waals surface area contributed by atoms with E-state index in [-0.39, 0.29) is 0 Å². The van der Waals surface area contributed by atoms with Crippen molar-refractivity contribution in [2.45, 2.75) is 31.7 Å². The molecule has 0 bridgehead atoms. The van der Waals surface area contributed by atoms with Crippen LogP contribution >= 0.6 is 0 Å². The van der Waals surface area contributed by atoms with E-state index in [1.165, 1.54) is 36.1 Å². The molecule has 0 unspecified atom stereocenters. The third kappa shape index (κ3) is 1.44. The molecule has 0 aliphatic carbocycles. The van der Waals surface area contributed by atoms with Gasteiger partial charge in [-0.15, -0.1) is 0 Å². The van der Waals surface area contributed by atoms with Crippen molar-refractivity contribution in [2.75, 3.05) is 18.4 Å². The summed E-state index contributed by atoms with van der Waals surface area (Å²) in [7, 11) is 0. The van der Waals surface area contributed by atoms with Gasteiger partial charge in [0.05, 0.1) is 0 Å². The van der Waals surface area contributed by atoms with E-state index < -0.39 is 0 Å². The first-order valence-corrected chi connectivity index (χ1v) is 5.87. The Bertz CT molecular complexity index is 378. The highest BCUT2D eigenvalue weighted by molar-refractivity contribution is 5.63. The van der Waals surface area contributed by atoms with Crippen LogP contribution in [0, 0.1) is 6.92 Å². The van der Waals surface area contributed by atoms with Crippen LogP contribution in [0.2, 0.25) is 0 Å². The Balaban J connectivity index is 1.94. The van der Waals surface area contributed by atoms with Crippen molar-refractivity contribution in [2.24, 2.45) is 0 Å². The monoisotopic (exact) mass is 202 g/mol. The van der Waals surface area contributed by atoms with E-state index in [2.05, 4.69) is 35.8 Å². The van der Waals surface area contributed by atoms with Crippen LogP contribution in [-0.2, 0) is 6.42 Å². The zero-order valence-electron chi connectivity index (χ0n) is 9.27. The highest BCUT2D eigenvalue weighted by Crippen LogP contribution is 2.39. The molecule has 1 aromatic rings. The summed E-state index contributed by atoms with van der Waals surface area (Å²) in [6, 6.07) is 6.65. The number of nitrogens with one attached hydrogen (secondary N) is 2. The lowest BCUT2D eigenvalue weighted by atomic mass is 9.86. The average molecular weight is 202 g/mol. The highest BCUT2D eigenvalue weighted by atomic mass is 15.1. The van der Waals surface area contributed by atoms with E-state index >= 15 is 0 Å². The molecule has 2 aliphatic heterocycles. The van der Waals surface area contributed by atoms with Gasteiger partial charge in [0.1, 0.15) is 0 Å². The number of fused-ring (bicyclic) bond motifs is 1. The Morgan fingerprint density at radius 2 is 2.00 bits per heavy atom. The first kappa shape index (κ1) is 9.22. The Morgan fingerprint density at radius 1 is 1.20 bits per heavy atom. The maximum absolute atomic E-state index is 3.78. The number of rotatable bonds is 0. The van der Waals surface area contributed by atoms with E-state index in [9.17, 15) is 0 Å². The summed E-state index contributed by atoms with van der Waals surface area (Å²) >= 11 is 0. The van der Waals surface area contributed by atoms with Gasteiger partial charge in [0.2, 0.25) is 0 Å². The van der Waals surface area contributed by atoms with Gasteiger partial charge in [-0.1, -0.05) is 18.2 Å². The van der Waals surface area contributed by atoms with Crippen molar-refractivity contribution in [1.82, 2.24) is 5.32 Å². The second kappa shape index (κ2) is 3.24. The smallest absolute Gasteiger partial charge is 0.0439 e. The predicted molar refractivity (Wildman–Crippen MR) is 63.3 cm³/mol. The molecule has 0 radical (unpaired) electrons. The van der Waals surface area contributed by atoms with Gasteiger partial charge >= 0.3 is 0 Å². The molecule has 15 heavy (non-hydrogen) atoms. The third-order valence-corrected chi connectivity index (χ3v) is 3.84. The number of benzene rings is 1. The molecule has 1 spiro atoms. The number of aryl methyl sites for hydroxylation is 1. The van der Waals surface area contributed by atoms with E-state index in [0.717, 1.165) is 13.1 Å². The van der Waals surface area contributed by atoms with Gasteiger partial charge in [0.15, 0.2) is 0 Å². The topological polar surface area (TPSA) is 24.1 Å². The SMILES string of the molecule is Cc1cccc2c1NC1(CCNCC1)C2. The van der Waals surface area contributed by atoms with Crippen LogP contribution in [0.25, 0.3) is 0 Å². The number of anilines is 1. The Hall–Kier alpha value is -1.02. The summed E-state index contributed by atoms with van der Waals surface area (Å²) in [6.45, 7) is 4.51. The molecule has 1 fully saturated rings. The van der Waals surface area contributed by atoms with Crippen molar-refractivity contribution in [1.29, 1.82) is 0 Å². The van der Waals surface area contributed by atoms with Gasteiger partial charge in [0, 0.05) is 11.2 Å². The van der Waals surface area contributed by atoms with Crippen LogP contribution in [0.5, 0.6) is 0 Å². The Morgan fingerprint density at radius 3 is 2.73 bits per heavy atom. The molecule has 80 valence electrons. The fourth-order valence-electron chi connectivity index (χ4n) is 2.94. The van der Waals surface area contributed by atoms with Crippen molar-refractivity contribution >= 4 is 5.69 Å². The standard InChI is InChI=1S/C13H18N2/c1-10-3-2-4-11-9-13(15-12(10)11)5-7-14-8-6-13/h2-4,14-15H,5-9H2,1H3. The molecule has 1 saturated heterocycles. The average Bonchev–Trinajstić information content (AvgIpc) is 2.59. The van der Waals surface area contributed by atoms with Crippen LogP contribution in [-0.4, -0.2) is 18.6 Å². The third-order valence-electron chi connectivity index (χ3n) is 3.84. The summed E-state index contributed by atoms with van der Waals surface area (Å²) in [5.74, 6) is 0. The molecule has 0 amide bonds. The van der Waals surface area contributed by atoms with Crippen molar-refractivity contribution in [3.63, 3.8) is 0 Å². The largest absolute Gasteiger partial charge is 0.379 e. The van der Waals surface area contributed by atoms with Gasteiger partial charge in [0.25, 0.3) is 0 Å². The molecule has 2 aliphatic rings. The molecule has 2 heterocycles. The normalized spacial score (nSPS) is 22.5. The molecule has 0 saturated carbocycles. The Kier molecular flexibility index (Phi) is 1.99. The summed E-state index contributed by atoms with van der Waals surface area (Å²) in [6.07, 6.45) is 3.72. The summed E-state index contributed by atoms with van der Waals surface area (Å²) in [5.41, 5.74) is 4.67. The maximum atomic E-state index is 3.78. The fourth-order valence-corrected chi connectivity index (χ4v) is 2.94. The molecule has 1 aromatic carbocycles. The van der Waals surface area contributed by atoms with Gasteiger partial charge in [-0.25, -0.2) is 0 Å². The van der Waals surface area contributed by atoms with Crippen LogP contribution < -0.4 is 10.6 Å². The van der Waals surface area contributed by atoms with E-state index in [1.807, 2.05) is 0 Å². The van der Waals surface area contributed by atoms with Gasteiger partial charge in [-0.05, 0) is 50.4 Å². The minimum absolute atomic E-state index is 0.361. The second-order valence-electron chi connectivity index (χ2n) is 4.94. The fraction of sp³-hybridized carbons (Fsp3) is 0.538. The minimum Gasteiger partial charge on any atom is -0.379 e. The first-order chi connectivity index (χ1) is 7.29. The quantitative estimate of drug-likeness (QED) is 0.673. The van der Waals surface area contributed by atoms with Crippen LogP contribution in [0.3, 0.4) is 0 Å². The number of hydrogen-bond acceptors (Lipinski definition) is 2. The molecule has 0 aromatic heterocycles. The molecule has 2 nitrogen and oxygen atoms in total. The zero-order chi connectivity index (χ0) is 10.3. The molecule has 0 atom stereocenters. The lowest BCUT2D eigenvalue weighted by molar-refractivity contribution is 0.348. The van der Waals surface area contributed by atoms with E-state index in [1.54, 1.807) is 0 Å². The van der Waals surface area contributed by atoms with Crippen molar-refractivity contribution in [3.8, 4) is 0 Å². The minimum atomic E-state index is 0.361. The first-order valence-electron chi connectivity index (χ1n) is 5.87. The highest BCUT2D eigenvalue weighted by Gasteiger charge is 2.37. The van der Waals surface area contributed by atoms with Gasteiger partial charge < -0.3 is 10.6 Å². The number of piperidine rings is 1. The van der Waals surface area contributed by atoms with Gasteiger partial charge in [-0.3, -0.25) is 0 Å². The molecule has 2 N–H and O–H groups in total. The maximum Gasteiger partial charge on any atom is 0.0439 e. The Labute approximate surface area is 91.1 Å². The summed E-state index contributed by atoms with van der Waals surface area (Å²) < 4.78 is 0. The van der Waals surface area contributed by atoms with Crippen LogP contribution in [0.4, 0.5) is 5.69 Å². The van der Waals surface area contributed by atoms with E-state index in [4.69, 9.17) is 0 Å². The van der Waals surface area contributed by atoms with Crippen molar-refractivity contribution in [3.05, 3.63) is 29.3 Å². The number of hydrogen-bond donors (Lipinski definition) is 2. The van der Waals surface area contributed by atoms with Crippen molar-refractivity contribution < 1.29 is 0 Å². The lowest BCUT2D eigenvalue weighted by Crippen LogP contribution is -2.46. The van der Waals surface area contributed by atoms with Crippen LogP contribution in [0.1, 0.15) is 24.0 Å². The zero-order valence-corrected chi connectivity index (χ0v) is 9.27. The summed E-state index contributed by atoms with van der Waals surface area (Å²) in [5, 5.41) is 7.22. The van der Waals surface area contributed by atoms with E-state index in [0.29, 0.717) is 5.54 Å². The van der Waals surface area contributed by atoms with Crippen LogP contribution in [0.15, 0.2) is 18.2 Å².